The number of hydrogen-bond acceptors (Lipinski definition) is 2. The Labute approximate surface area is 128 Å². The number of carbonyl (C=O) groups excluding carboxylic acids is 1. The van der Waals surface area contributed by atoms with Crippen molar-refractivity contribution in [3.05, 3.63) is 72.0 Å². The standard InChI is InChI=1S/C18H18FNO2/c1-4-6-9-14(5-2)12-20-13(3)17(18(21)22-19)15-10-7-8-11-16(15)20/h4-11H,2,12H2,1,3H3/b6-4-,14-9+. The second-order valence-corrected chi connectivity index (χ2v) is 4.90. The maximum absolute atomic E-state index is 12.4. The Bertz CT molecular complexity index is 769. The zero-order chi connectivity index (χ0) is 16.1. The van der Waals surface area contributed by atoms with E-state index in [1.807, 2.05) is 47.9 Å². The first-order valence-electron chi connectivity index (χ1n) is 6.99. The molecule has 0 radical (unpaired) electrons. The van der Waals surface area contributed by atoms with Crippen LogP contribution in [0.25, 0.3) is 10.9 Å². The highest BCUT2D eigenvalue weighted by Crippen LogP contribution is 2.27. The van der Waals surface area contributed by atoms with Crippen molar-refractivity contribution in [3.63, 3.8) is 0 Å². The van der Waals surface area contributed by atoms with Crippen LogP contribution in [0.5, 0.6) is 0 Å². The lowest BCUT2D eigenvalue weighted by Gasteiger charge is -2.09. The molecule has 0 spiro atoms. The fourth-order valence-electron chi connectivity index (χ4n) is 2.52. The van der Waals surface area contributed by atoms with Gasteiger partial charge >= 0.3 is 5.97 Å². The minimum Gasteiger partial charge on any atom is -0.340 e. The van der Waals surface area contributed by atoms with Crippen molar-refractivity contribution in [2.24, 2.45) is 0 Å². The van der Waals surface area contributed by atoms with Crippen LogP contribution in [0.1, 0.15) is 23.0 Å². The number of allylic oxidation sites excluding steroid dienone is 5. The molecule has 0 bridgehead atoms. The molecule has 114 valence electrons. The van der Waals surface area contributed by atoms with Crippen molar-refractivity contribution in [3.8, 4) is 0 Å². The topological polar surface area (TPSA) is 31.2 Å². The van der Waals surface area contributed by atoms with Crippen LogP contribution in [0.15, 0.2) is 60.7 Å². The molecule has 2 rings (SSSR count). The highest BCUT2D eigenvalue weighted by Gasteiger charge is 2.21. The lowest BCUT2D eigenvalue weighted by Crippen LogP contribution is -2.05. The number of para-hydroxylation sites is 1. The summed E-state index contributed by atoms with van der Waals surface area (Å²) in [5.41, 5.74) is 2.76. The summed E-state index contributed by atoms with van der Waals surface area (Å²) >= 11 is 0. The highest BCUT2D eigenvalue weighted by molar-refractivity contribution is 6.05. The molecule has 1 aromatic heterocycles. The highest BCUT2D eigenvalue weighted by atomic mass is 19.3. The minimum atomic E-state index is -0.968. The quantitative estimate of drug-likeness (QED) is 0.751. The maximum atomic E-state index is 12.4. The number of fused-ring (bicyclic) bond motifs is 1. The molecule has 0 aliphatic heterocycles. The molecular weight excluding hydrogens is 281 g/mol. The van der Waals surface area contributed by atoms with Crippen LogP contribution in [0.2, 0.25) is 0 Å². The first-order chi connectivity index (χ1) is 10.6. The van der Waals surface area contributed by atoms with Crippen molar-refractivity contribution in [2.75, 3.05) is 0 Å². The molecule has 0 aliphatic rings. The van der Waals surface area contributed by atoms with Gasteiger partial charge in [0.05, 0.1) is 5.56 Å². The zero-order valence-electron chi connectivity index (χ0n) is 12.7. The SMILES string of the molecule is C=C/C(=C\C=C/C)Cn1c(C)c(C(=O)OF)c2ccccc21. The van der Waals surface area contributed by atoms with Crippen LogP contribution < -0.4 is 0 Å². The summed E-state index contributed by atoms with van der Waals surface area (Å²) in [6.07, 6.45) is 7.57. The molecule has 22 heavy (non-hydrogen) atoms. The lowest BCUT2D eigenvalue weighted by molar-refractivity contribution is -0.0787. The van der Waals surface area contributed by atoms with Crippen LogP contribution in [0.3, 0.4) is 0 Å². The molecule has 2 aromatic rings. The Hall–Kier alpha value is -2.62. The summed E-state index contributed by atoms with van der Waals surface area (Å²) in [7, 11) is 0. The molecule has 1 aromatic carbocycles. The molecule has 0 unspecified atom stereocenters. The van der Waals surface area contributed by atoms with Gasteiger partial charge in [-0.25, -0.2) is 9.74 Å². The number of aromatic nitrogens is 1. The van der Waals surface area contributed by atoms with E-state index in [1.54, 1.807) is 19.1 Å². The lowest BCUT2D eigenvalue weighted by atomic mass is 10.1. The van der Waals surface area contributed by atoms with Gasteiger partial charge in [-0.3, -0.25) is 0 Å². The summed E-state index contributed by atoms with van der Waals surface area (Å²) < 4.78 is 14.3. The van der Waals surface area contributed by atoms with Gasteiger partial charge in [-0.1, -0.05) is 49.1 Å². The number of benzene rings is 1. The zero-order valence-corrected chi connectivity index (χ0v) is 12.7. The molecule has 3 nitrogen and oxygen atoms in total. The third-order valence-electron chi connectivity index (χ3n) is 3.61. The van der Waals surface area contributed by atoms with E-state index < -0.39 is 5.97 Å². The van der Waals surface area contributed by atoms with E-state index in [9.17, 15) is 9.32 Å². The van der Waals surface area contributed by atoms with Crippen molar-refractivity contribution >= 4 is 16.9 Å². The molecule has 4 heteroatoms. The van der Waals surface area contributed by atoms with Gasteiger partial charge in [0.1, 0.15) is 0 Å². The average molecular weight is 299 g/mol. The maximum Gasteiger partial charge on any atom is 0.381 e. The van der Waals surface area contributed by atoms with Crippen molar-refractivity contribution < 1.29 is 14.3 Å². The Morgan fingerprint density at radius 3 is 2.77 bits per heavy atom. The summed E-state index contributed by atoms with van der Waals surface area (Å²) in [5.74, 6) is -0.968. The van der Waals surface area contributed by atoms with Crippen LogP contribution in [-0.2, 0) is 11.5 Å². The Morgan fingerprint density at radius 1 is 1.41 bits per heavy atom. The molecular formula is C18H18FNO2. The number of hydrogen-bond donors (Lipinski definition) is 0. The summed E-state index contributed by atoms with van der Waals surface area (Å²) in [6, 6.07) is 7.37. The molecule has 0 N–H and O–H groups in total. The van der Waals surface area contributed by atoms with Gasteiger partial charge in [0.15, 0.2) is 0 Å². The molecule has 0 fully saturated rings. The molecule has 0 amide bonds. The Balaban J connectivity index is 2.61. The van der Waals surface area contributed by atoms with Gasteiger partial charge in [0, 0.05) is 27.7 Å². The number of halogens is 1. The van der Waals surface area contributed by atoms with Crippen LogP contribution >= 0.6 is 0 Å². The van der Waals surface area contributed by atoms with Gasteiger partial charge in [-0.05, 0) is 25.5 Å². The second-order valence-electron chi connectivity index (χ2n) is 4.90. The molecule has 1 heterocycles. The van der Waals surface area contributed by atoms with Crippen molar-refractivity contribution in [1.29, 1.82) is 0 Å². The first kappa shape index (κ1) is 15.8. The second kappa shape index (κ2) is 6.89. The summed E-state index contributed by atoms with van der Waals surface area (Å²) in [4.78, 5) is 15.2. The number of rotatable bonds is 5. The Morgan fingerprint density at radius 2 is 2.14 bits per heavy atom. The third kappa shape index (κ3) is 2.86. The van der Waals surface area contributed by atoms with E-state index in [4.69, 9.17) is 0 Å². The van der Waals surface area contributed by atoms with Gasteiger partial charge < -0.3 is 4.57 Å². The smallest absolute Gasteiger partial charge is 0.340 e. The first-order valence-corrected chi connectivity index (χ1v) is 6.99. The van der Waals surface area contributed by atoms with E-state index in [1.165, 1.54) is 0 Å². The fraction of sp³-hybridized carbons (Fsp3) is 0.167. The van der Waals surface area contributed by atoms with Gasteiger partial charge in [0.2, 0.25) is 0 Å². The predicted molar refractivity (Wildman–Crippen MR) is 86.3 cm³/mol. The van der Waals surface area contributed by atoms with Crippen molar-refractivity contribution in [1.82, 2.24) is 4.57 Å². The van der Waals surface area contributed by atoms with E-state index >= 15 is 0 Å². The minimum absolute atomic E-state index is 0.257. The number of carbonyl (C=O) groups is 1. The van der Waals surface area contributed by atoms with E-state index in [0.29, 0.717) is 17.6 Å². The van der Waals surface area contributed by atoms with Gasteiger partial charge in [-0.15, -0.1) is 0 Å². The van der Waals surface area contributed by atoms with E-state index in [0.717, 1.165) is 11.1 Å². The van der Waals surface area contributed by atoms with Gasteiger partial charge in [-0.2, -0.15) is 0 Å². The molecule has 0 saturated carbocycles. The summed E-state index contributed by atoms with van der Waals surface area (Å²) in [5, 5.41) is 0.678. The van der Waals surface area contributed by atoms with E-state index in [-0.39, 0.29) is 5.56 Å². The van der Waals surface area contributed by atoms with Gasteiger partial charge in [0.25, 0.3) is 0 Å². The molecule has 0 saturated heterocycles. The van der Waals surface area contributed by atoms with E-state index in [2.05, 4.69) is 11.5 Å². The molecule has 0 atom stereocenters. The molecule has 0 aliphatic carbocycles. The average Bonchev–Trinajstić information content (AvgIpc) is 2.82. The largest absolute Gasteiger partial charge is 0.381 e. The predicted octanol–water partition coefficient (Wildman–Crippen LogP) is 4.68. The normalized spacial score (nSPS) is 12.0. The van der Waals surface area contributed by atoms with Crippen LogP contribution in [0.4, 0.5) is 4.53 Å². The monoisotopic (exact) mass is 299 g/mol. The van der Waals surface area contributed by atoms with Crippen molar-refractivity contribution in [2.45, 2.75) is 20.4 Å². The fourth-order valence-corrected chi connectivity index (χ4v) is 2.52. The van der Waals surface area contributed by atoms with Crippen LogP contribution in [-0.4, -0.2) is 10.5 Å². The van der Waals surface area contributed by atoms with Crippen LogP contribution in [0, 0.1) is 6.92 Å². The number of nitrogens with zero attached hydrogens (tertiary/aromatic N) is 1. The third-order valence-corrected chi connectivity index (χ3v) is 3.61. The Kier molecular flexibility index (Phi) is 4.94. The summed E-state index contributed by atoms with van der Waals surface area (Å²) in [6.45, 7) is 8.07.